The molecule has 0 bridgehead atoms. The summed E-state index contributed by atoms with van der Waals surface area (Å²) in [5, 5.41) is 13.4. The maximum absolute atomic E-state index is 12.3. The molecule has 1 amide bonds. The van der Waals surface area contributed by atoms with Gasteiger partial charge in [0.2, 0.25) is 11.8 Å². The average molecular weight is 322 g/mol. The van der Waals surface area contributed by atoms with Crippen LogP contribution in [-0.2, 0) is 4.79 Å². The fourth-order valence-electron chi connectivity index (χ4n) is 2.60. The third-order valence-electron chi connectivity index (χ3n) is 3.86. The number of aromatic hydroxyl groups is 1. The van der Waals surface area contributed by atoms with Gasteiger partial charge in [0.1, 0.15) is 5.75 Å². The van der Waals surface area contributed by atoms with Crippen LogP contribution < -0.4 is 5.32 Å². The average Bonchev–Trinajstić information content (AvgIpc) is 3.00. The van der Waals surface area contributed by atoms with Gasteiger partial charge in [0.05, 0.1) is 11.2 Å². The zero-order valence-corrected chi connectivity index (χ0v) is 13.3. The normalized spacial score (nSPS) is 10.7. The van der Waals surface area contributed by atoms with Crippen molar-refractivity contribution in [2.45, 2.75) is 19.8 Å². The van der Waals surface area contributed by atoms with Crippen molar-refractivity contribution in [2.75, 3.05) is 5.32 Å². The van der Waals surface area contributed by atoms with Gasteiger partial charge in [-0.2, -0.15) is 0 Å². The number of carbonyl (C=O) groups excluding carboxylic acids is 2. The quantitative estimate of drug-likeness (QED) is 0.719. The highest BCUT2D eigenvalue weighted by atomic mass is 16.3. The molecular weight excluding hydrogens is 304 g/mol. The summed E-state index contributed by atoms with van der Waals surface area (Å²) in [7, 11) is 0. The van der Waals surface area contributed by atoms with E-state index in [2.05, 4.69) is 5.32 Å². The predicted octanol–water partition coefficient (Wildman–Crippen LogP) is 3.71. The Hall–Kier alpha value is -3.08. The first-order chi connectivity index (χ1) is 11.5. The number of hydrogen-bond donors (Lipinski definition) is 2. The van der Waals surface area contributed by atoms with Crippen LogP contribution in [-0.4, -0.2) is 21.5 Å². The number of para-hydroxylation sites is 1. The lowest BCUT2D eigenvalue weighted by molar-refractivity contribution is -0.116. The predicted molar refractivity (Wildman–Crippen MR) is 93.3 cm³/mol. The van der Waals surface area contributed by atoms with Crippen LogP contribution in [0.4, 0.5) is 5.69 Å². The highest BCUT2D eigenvalue weighted by Crippen LogP contribution is 2.24. The maximum Gasteiger partial charge on any atom is 0.231 e. The number of anilines is 1. The van der Waals surface area contributed by atoms with Crippen LogP contribution in [0.2, 0.25) is 0 Å². The molecule has 1 heterocycles. The molecule has 0 saturated carbocycles. The summed E-state index contributed by atoms with van der Waals surface area (Å²) in [6.07, 6.45) is 1.87. The molecule has 5 heteroatoms. The van der Waals surface area contributed by atoms with Crippen LogP contribution in [0.1, 0.15) is 23.2 Å². The number of benzene rings is 2. The molecule has 0 aliphatic carbocycles. The van der Waals surface area contributed by atoms with Crippen molar-refractivity contribution in [3.05, 3.63) is 60.3 Å². The fourth-order valence-corrected chi connectivity index (χ4v) is 2.60. The van der Waals surface area contributed by atoms with E-state index in [0.29, 0.717) is 5.69 Å². The van der Waals surface area contributed by atoms with Crippen LogP contribution in [0.3, 0.4) is 0 Å². The van der Waals surface area contributed by atoms with Gasteiger partial charge < -0.3 is 10.4 Å². The van der Waals surface area contributed by atoms with Gasteiger partial charge in [0, 0.05) is 24.4 Å². The summed E-state index contributed by atoms with van der Waals surface area (Å²) in [4.78, 5) is 24.4. The third-order valence-corrected chi connectivity index (χ3v) is 3.86. The second-order valence-corrected chi connectivity index (χ2v) is 5.71. The molecule has 2 aromatic carbocycles. The summed E-state index contributed by atoms with van der Waals surface area (Å²) >= 11 is 0. The van der Waals surface area contributed by atoms with E-state index in [1.807, 2.05) is 37.3 Å². The van der Waals surface area contributed by atoms with Crippen molar-refractivity contribution in [1.82, 2.24) is 4.57 Å². The molecule has 0 radical (unpaired) electrons. The monoisotopic (exact) mass is 322 g/mol. The van der Waals surface area contributed by atoms with E-state index in [1.165, 1.54) is 6.07 Å². The van der Waals surface area contributed by atoms with E-state index in [4.69, 9.17) is 0 Å². The third kappa shape index (κ3) is 3.30. The van der Waals surface area contributed by atoms with Crippen LogP contribution in [0.15, 0.2) is 54.7 Å². The molecule has 3 rings (SSSR count). The van der Waals surface area contributed by atoms with Crippen molar-refractivity contribution < 1.29 is 14.7 Å². The van der Waals surface area contributed by atoms with Gasteiger partial charge in [-0.1, -0.05) is 24.3 Å². The number of aryl methyl sites for hydroxylation is 1. The molecule has 24 heavy (non-hydrogen) atoms. The van der Waals surface area contributed by atoms with Crippen LogP contribution in [0.25, 0.3) is 10.9 Å². The second kappa shape index (κ2) is 6.58. The molecule has 5 nitrogen and oxygen atoms in total. The Morgan fingerprint density at radius 2 is 1.88 bits per heavy atom. The molecule has 0 atom stereocenters. The van der Waals surface area contributed by atoms with Gasteiger partial charge in [-0.15, -0.1) is 0 Å². The summed E-state index contributed by atoms with van der Waals surface area (Å²) in [6.45, 7) is 1.87. The molecule has 0 fully saturated rings. The molecule has 3 aromatic rings. The number of hydrogen-bond acceptors (Lipinski definition) is 3. The van der Waals surface area contributed by atoms with Gasteiger partial charge in [-0.25, -0.2) is 0 Å². The molecule has 0 aliphatic rings. The number of nitrogens with zero attached hydrogens (tertiary/aromatic N) is 1. The summed E-state index contributed by atoms with van der Waals surface area (Å²) in [5.74, 6) is -0.433. The van der Waals surface area contributed by atoms with Crippen molar-refractivity contribution in [3.63, 3.8) is 0 Å². The molecule has 122 valence electrons. The van der Waals surface area contributed by atoms with E-state index in [-0.39, 0.29) is 30.4 Å². The molecule has 1 aromatic heterocycles. The van der Waals surface area contributed by atoms with E-state index in [0.717, 1.165) is 16.5 Å². The number of fused-ring (bicyclic) bond motifs is 1. The lowest BCUT2D eigenvalue weighted by atomic mass is 10.2. The number of carbonyl (C=O) groups is 2. The molecular formula is C19H18N2O3. The first-order valence-corrected chi connectivity index (χ1v) is 7.73. The number of rotatable bonds is 4. The zero-order valence-electron chi connectivity index (χ0n) is 13.3. The minimum Gasteiger partial charge on any atom is -0.506 e. The number of nitrogens with one attached hydrogen (secondary N) is 1. The Bertz CT molecular complexity index is 912. The van der Waals surface area contributed by atoms with Gasteiger partial charge in [0.15, 0.2) is 0 Å². The standard InChI is InChI=1S/C19H18N2O3/c1-13-6-7-17(22)15(12-13)20-18(23)8-9-19(24)21-11-10-14-4-2-3-5-16(14)21/h2-7,10-12,22H,8-9H2,1H3,(H,20,23). The molecule has 2 N–H and O–H groups in total. The number of amides is 1. The van der Waals surface area contributed by atoms with Crippen molar-refractivity contribution in [3.8, 4) is 5.75 Å². The molecule has 0 spiro atoms. The number of phenols is 1. The smallest absolute Gasteiger partial charge is 0.231 e. The topological polar surface area (TPSA) is 71.3 Å². The number of aromatic nitrogens is 1. The highest BCUT2D eigenvalue weighted by molar-refractivity contribution is 5.97. The highest BCUT2D eigenvalue weighted by Gasteiger charge is 2.12. The van der Waals surface area contributed by atoms with Gasteiger partial charge in [0.25, 0.3) is 0 Å². The van der Waals surface area contributed by atoms with Crippen molar-refractivity contribution in [1.29, 1.82) is 0 Å². The summed E-state index contributed by atoms with van der Waals surface area (Å²) in [6, 6.07) is 14.4. The van der Waals surface area contributed by atoms with Gasteiger partial charge in [-0.3, -0.25) is 14.2 Å². The zero-order chi connectivity index (χ0) is 17.1. The Labute approximate surface area is 139 Å². The van der Waals surface area contributed by atoms with E-state index < -0.39 is 0 Å². The van der Waals surface area contributed by atoms with Gasteiger partial charge >= 0.3 is 0 Å². The first-order valence-electron chi connectivity index (χ1n) is 7.73. The van der Waals surface area contributed by atoms with Crippen molar-refractivity contribution >= 4 is 28.4 Å². The Kier molecular flexibility index (Phi) is 4.33. The molecule has 0 saturated heterocycles. The Morgan fingerprint density at radius 3 is 2.71 bits per heavy atom. The SMILES string of the molecule is Cc1ccc(O)c(NC(=O)CCC(=O)n2ccc3ccccc32)c1. The van der Waals surface area contributed by atoms with E-state index >= 15 is 0 Å². The second-order valence-electron chi connectivity index (χ2n) is 5.71. The summed E-state index contributed by atoms with van der Waals surface area (Å²) < 4.78 is 1.56. The summed E-state index contributed by atoms with van der Waals surface area (Å²) in [5.41, 5.74) is 2.12. The number of phenolic OH excluding ortho intramolecular Hbond substituents is 1. The fraction of sp³-hybridized carbons (Fsp3) is 0.158. The minimum atomic E-state index is -0.305. The lowest BCUT2D eigenvalue weighted by Gasteiger charge is -2.08. The Morgan fingerprint density at radius 1 is 1.08 bits per heavy atom. The van der Waals surface area contributed by atoms with Gasteiger partial charge in [-0.05, 0) is 36.8 Å². The first kappa shape index (κ1) is 15.8. The lowest BCUT2D eigenvalue weighted by Crippen LogP contribution is -2.16. The largest absolute Gasteiger partial charge is 0.506 e. The Balaban J connectivity index is 1.64. The minimum absolute atomic E-state index is 0.0108. The maximum atomic E-state index is 12.3. The molecule has 0 unspecified atom stereocenters. The van der Waals surface area contributed by atoms with Crippen molar-refractivity contribution in [2.24, 2.45) is 0 Å². The van der Waals surface area contributed by atoms with E-state index in [1.54, 1.807) is 22.9 Å². The van der Waals surface area contributed by atoms with Crippen LogP contribution >= 0.6 is 0 Å². The molecule has 0 aliphatic heterocycles. The van der Waals surface area contributed by atoms with E-state index in [9.17, 15) is 14.7 Å². The van der Waals surface area contributed by atoms with Crippen LogP contribution in [0.5, 0.6) is 5.75 Å². The van der Waals surface area contributed by atoms with Crippen LogP contribution in [0, 0.1) is 6.92 Å².